The van der Waals surface area contributed by atoms with Gasteiger partial charge in [0.05, 0.1) is 29.3 Å². The molecule has 0 unspecified atom stereocenters. The van der Waals surface area contributed by atoms with Crippen LogP contribution in [0.1, 0.15) is 40.5 Å². The molecule has 166 valence electrons. The first kappa shape index (κ1) is 21.0. The first-order chi connectivity index (χ1) is 15.3. The van der Waals surface area contributed by atoms with Gasteiger partial charge in [-0.3, -0.25) is 9.20 Å². The van der Waals surface area contributed by atoms with Crippen molar-refractivity contribution in [2.24, 2.45) is 0 Å². The van der Waals surface area contributed by atoms with Crippen molar-refractivity contribution in [1.29, 1.82) is 0 Å². The Balaban J connectivity index is 1.49. The first-order valence-electron chi connectivity index (χ1n) is 9.81. The van der Waals surface area contributed by atoms with Crippen LogP contribution in [0.3, 0.4) is 0 Å². The molecule has 1 aliphatic heterocycles. The number of imidazole rings is 1. The van der Waals surface area contributed by atoms with Crippen molar-refractivity contribution in [2.45, 2.75) is 24.9 Å². The van der Waals surface area contributed by atoms with Crippen molar-refractivity contribution in [3.63, 3.8) is 0 Å². The normalized spacial score (nSPS) is 15.6. The van der Waals surface area contributed by atoms with Crippen molar-refractivity contribution in [3.8, 4) is 11.1 Å². The number of piperidine rings is 1. The Labute approximate surface area is 189 Å². The molecule has 0 saturated carbocycles. The first-order valence-corrected chi connectivity index (χ1v) is 11.1. The van der Waals surface area contributed by atoms with Crippen molar-refractivity contribution in [2.75, 3.05) is 13.1 Å². The van der Waals surface area contributed by atoms with E-state index in [9.17, 15) is 18.0 Å². The quantitative estimate of drug-likeness (QED) is 0.375. The summed E-state index contributed by atoms with van der Waals surface area (Å²) in [4.78, 5) is 23.1. The lowest BCUT2D eigenvalue weighted by atomic mass is 9.94. The molecule has 0 radical (unpaired) electrons. The van der Waals surface area contributed by atoms with Crippen LogP contribution in [0.4, 0.5) is 13.2 Å². The van der Waals surface area contributed by atoms with Gasteiger partial charge in [-0.25, -0.2) is 9.97 Å². The monoisotopic (exact) mass is 480 g/mol. The summed E-state index contributed by atoms with van der Waals surface area (Å²) in [5.74, 6) is -0.218. The molecule has 0 spiro atoms. The number of furan rings is 1. The summed E-state index contributed by atoms with van der Waals surface area (Å²) >= 11 is 7.92. The molecule has 0 aliphatic carbocycles. The minimum Gasteiger partial charge on any atom is -0.472 e. The Hall–Kier alpha value is -2.85. The van der Waals surface area contributed by atoms with E-state index in [2.05, 4.69) is 9.97 Å². The number of hydrogen-bond donors (Lipinski definition) is 0. The number of halogens is 4. The molecule has 1 saturated heterocycles. The Morgan fingerprint density at radius 2 is 2.03 bits per heavy atom. The van der Waals surface area contributed by atoms with Crippen LogP contribution in [-0.4, -0.2) is 38.3 Å². The number of carbonyl (C=O) groups is 1. The number of carbonyl (C=O) groups excluding carboxylic acids is 1. The van der Waals surface area contributed by atoms with E-state index in [-0.39, 0.29) is 22.3 Å². The second-order valence-corrected chi connectivity index (χ2v) is 8.65. The lowest BCUT2D eigenvalue weighted by molar-refractivity contribution is -0.136. The molecule has 11 heteroatoms. The molecule has 0 atom stereocenters. The molecule has 5 heterocycles. The standard InChI is InChI=1S/C21H16ClF3N4O2S/c22-18-17(20(30)28-4-1-12(2-5-28)16-10-32-11-26-16)27-19-15(21(23,24)25)7-14(8-29(18)19)13-3-6-31-9-13/h3,6-12H,1-2,4-5H2. The van der Waals surface area contributed by atoms with E-state index >= 15 is 0 Å². The third kappa shape index (κ3) is 3.67. The highest BCUT2D eigenvalue weighted by molar-refractivity contribution is 7.07. The zero-order valence-electron chi connectivity index (χ0n) is 16.5. The zero-order valence-corrected chi connectivity index (χ0v) is 18.0. The molecule has 1 amide bonds. The Bertz CT molecular complexity index is 1260. The fourth-order valence-electron chi connectivity index (χ4n) is 4.00. The summed E-state index contributed by atoms with van der Waals surface area (Å²) in [6.07, 6.45) is 0.896. The number of aromatic nitrogens is 3. The van der Waals surface area contributed by atoms with Gasteiger partial charge in [-0.05, 0) is 25.0 Å². The predicted molar refractivity (Wildman–Crippen MR) is 113 cm³/mol. The maximum absolute atomic E-state index is 13.8. The number of likely N-dealkylation sites (tertiary alicyclic amines) is 1. The third-order valence-corrected chi connectivity index (χ3v) is 6.64. The van der Waals surface area contributed by atoms with Crippen molar-refractivity contribution in [3.05, 3.63) is 63.9 Å². The lowest BCUT2D eigenvalue weighted by Gasteiger charge is -2.30. The van der Waals surface area contributed by atoms with Gasteiger partial charge in [-0.2, -0.15) is 13.2 Å². The van der Waals surface area contributed by atoms with E-state index in [0.717, 1.165) is 29.0 Å². The number of amides is 1. The van der Waals surface area contributed by atoms with Gasteiger partial charge in [0.1, 0.15) is 5.15 Å². The van der Waals surface area contributed by atoms with Gasteiger partial charge in [-0.15, -0.1) is 11.3 Å². The van der Waals surface area contributed by atoms with E-state index < -0.39 is 23.3 Å². The maximum atomic E-state index is 13.8. The van der Waals surface area contributed by atoms with E-state index in [1.54, 1.807) is 16.5 Å². The number of pyridine rings is 1. The van der Waals surface area contributed by atoms with Crippen LogP contribution >= 0.6 is 22.9 Å². The molecular weight excluding hydrogens is 465 g/mol. The number of rotatable bonds is 3. The molecule has 0 N–H and O–H groups in total. The van der Waals surface area contributed by atoms with E-state index in [0.29, 0.717) is 18.7 Å². The average Bonchev–Trinajstić information content (AvgIpc) is 3.54. The van der Waals surface area contributed by atoms with Crippen molar-refractivity contribution in [1.82, 2.24) is 19.3 Å². The highest BCUT2D eigenvalue weighted by Gasteiger charge is 2.37. The summed E-state index contributed by atoms with van der Waals surface area (Å²) in [5, 5.41) is 1.85. The number of thiazole rings is 1. The van der Waals surface area contributed by atoms with Crippen LogP contribution in [0.15, 0.2) is 46.2 Å². The summed E-state index contributed by atoms with van der Waals surface area (Å²) in [7, 11) is 0. The summed E-state index contributed by atoms with van der Waals surface area (Å²) in [5.41, 5.74) is 1.93. The fourth-order valence-corrected chi connectivity index (χ4v) is 4.89. The van der Waals surface area contributed by atoms with Crippen LogP contribution in [0.2, 0.25) is 5.15 Å². The second kappa shape index (κ2) is 7.93. The molecule has 4 aromatic rings. The largest absolute Gasteiger partial charge is 0.472 e. The van der Waals surface area contributed by atoms with Crippen molar-refractivity contribution >= 4 is 34.5 Å². The van der Waals surface area contributed by atoms with Gasteiger partial charge in [-0.1, -0.05) is 11.6 Å². The number of nitrogens with zero attached hydrogens (tertiary/aromatic N) is 4. The Kier molecular flexibility index (Phi) is 5.21. The molecule has 0 aromatic carbocycles. The summed E-state index contributed by atoms with van der Waals surface area (Å²) in [6.45, 7) is 0.912. The third-order valence-electron chi connectivity index (χ3n) is 5.68. The zero-order chi connectivity index (χ0) is 22.5. The van der Waals surface area contributed by atoms with Gasteiger partial charge in [0.2, 0.25) is 0 Å². The minimum atomic E-state index is -4.68. The molecule has 6 nitrogen and oxygen atoms in total. The van der Waals surface area contributed by atoms with Gasteiger partial charge in [0.25, 0.3) is 5.91 Å². The average molecular weight is 481 g/mol. The molecule has 5 rings (SSSR count). The molecule has 1 fully saturated rings. The Morgan fingerprint density at radius 1 is 1.25 bits per heavy atom. The van der Waals surface area contributed by atoms with Crippen molar-refractivity contribution < 1.29 is 22.4 Å². The maximum Gasteiger partial charge on any atom is 0.420 e. The van der Waals surface area contributed by atoms with E-state index in [4.69, 9.17) is 16.0 Å². The molecule has 0 bridgehead atoms. The van der Waals surface area contributed by atoms with Crippen LogP contribution < -0.4 is 0 Å². The van der Waals surface area contributed by atoms with Crippen LogP contribution in [0.5, 0.6) is 0 Å². The van der Waals surface area contributed by atoms with E-state index in [1.807, 2.05) is 5.38 Å². The molecule has 32 heavy (non-hydrogen) atoms. The second-order valence-electron chi connectivity index (χ2n) is 7.58. The van der Waals surface area contributed by atoms with Gasteiger partial charge >= 0.3 is 6.18 Å². The van der Waals surface area contributed by atoms with Crippen LogP contribution in [-0.2, 0) is 6.18 Å². The SMILES string of the molecule is O=C(c1nc2c(C(F)(F)F)cc(-c3ccoc3)cn2c1Cl)N1CCC(c2cscn2)CC1. The fraction of sp³-hybridized carbons (Fsp3) is 0.286. The van der Waals surface area contributed by atoms with E-state index in [1.165, 1.54) is 30.1 Å². The smallest absolute Gasteiger partial charge is 0.420 e. The predicted octanol–water partition coefficient (Wildman–Crippen LogP) is 5.74. The summed E-state index contributed by atoms with van der Waals surface area (Å²) < 4.78 is 47.5. The number of alkyl halides is 3. The summed E-state index contributed by atoms with van der Waals surface area (Å²) in [6, 6.07) is 2.53. The van der Waals surface area contributed by atoms with Crippen LogP contribution in [0, 0.1) is 0 Å². The topological polar surface area (TPSA) is 63.6 Å². The molecule has 1 aliphatic rings. The minimum absolute atomic E-state index is 0.150. The van der Waals surface area contributed by atoms with Crippen LogP contribution in [0.25, 0.3) is 16.8 Å². The Morgan fingerprint density at radius 3 is 2.66 bits per heavy atom. The van der Waals surface area contributed by atoms with Gasteiger partial charge in [0.15, 0.2) is 11.3 Å². The lowest BCUT2D eigenvalue weighted by Crippen LogP contribution is -2.38. The van der Waals surface area contributed by atoms with Gasteiger partial charge in [0, 0.05) is 41.7 Å². The number of fused-ring (bicyclic) bond motifs is 1. The number of hydrogen-bond acceptors (Lipinski definition) is 5. The molecule has 4 aromatic heterocycles. The molecular formula is C21H16ClF3N4O2S. The highest BCUT2D eigenvalue weighted by atomic mass is 35.5. The highest BCUT2D eigenvalue weighted by Crippen LogP contribution is 2.37. The van der Waals surface area contributed by atoms with Gasteiger partial charge < -0.3 is 9.32 Å².